The van der Waals surface area contributed by atoms with Gasteiger partial charge in [0.2, 0.25) is 5.91 Å². The molecule has 0 unspecified atom stereocenters. The van der Waals surface area contributed by atoms with Gasteiger partial charge in [-0.05, 0) is 37.1 Å². The summed E-state index contributed by atoms with van der Waals surface area (Å²) < 4.78 is 0. The molecular weight excluding hydrogens is 224 g/mol. The second-order valence-corrected chi connectivity index (χ2v) is 5.80. The van der Waals surface area contributed by atoms with E-state index in [1.807, 2.05) is 4.90 Å². The van der Waals surface area contributed by atoms with Gasteiger partial charge in [-0.3, -0.25) is 4.79 Å². The molecule has 0 aromatic carbocycles. The summed E-state index contributed by atoms with van der Waals surface area (Å²) in [4.78, 5) is 13.8. The first-order valence-corrected chi connectivity index (χ1v) is 6.05. The van der Waals surface area contributed by atoms with Gasteiger partial charge in [-0.2, -0.15) is 0 Å². The number of halogens is 1. The molecule has 94 valence electrons. The number of nitrogens with zero attached hydrogens (tertiary/aromatic N) is 1. The van der Waals surface area contributed by atoms with Crippen molar-refractivity contribution in [2.24, 2.45) is 11.3 Å². The molecule has 0 aromatic rings. The molecule has 1 aliphatic heterocycles. The molecule has 0 spiro atoms. The Morgan fingerprint density at radius 2 is 2.12 bits per heavy atom. The van der Waals surface area contributed by atoms with Gasteiger partial charge in [0, 0.05) is 13.1 Å². The van der Waals surface area contributed by atoms with Crippen LogP contribution in [-0.2, 0) is 4.79 Å². The van der Waals surface area contributed by atoms with Gasteiger partial charge in [0.1, 0.15) is 0 Å². The zero-order valence-corrected chi connectivity index (χ0v) is 11.1. The third-order valence-corrected chi connectivity index (χ3v) is 3.44. The molecule has 0 aromatic heterocycles. The van der Waals surface area contributed by atoms with E-state index in [9.17, 15) is 4.79 Å². The Morgan fingerprint density at radius 1 is 1.44 bits per heavy atom. The lowest BCUT2D eigenvalue weighted by atomic mass is 9.93. The van der Waals surface area contributed by atoms with E-state index in [1.165, 1.54) is 12.8 Å². The zero-order valence-electron chi connectivity index (χ0n) is 10.3. The second kappa shape index (κ2) is 5.37. The molecule has 0 atom stereocenters. The fourth-order valence-electron chi connectivity index (χ4n) is 2.14. The quantitative estimate of drug-likeness (QED) is 0.819. The highest BCUT2D eigenvalue weighted by atomic mass is 35.5. The van der Waals surface area contributed by atoms with Gasteiger partial charge in [0.05, 0.1) is 6.54 Å². The Bertz CT molecular complexity index is 251. The summed E-state index contributed by atoms with van der Waals surface area (Å²) in [5, 5.41) is 3.26. The smallest absolute Gasteiger partial charge is 0.236 e. The zero-order chi connectivity index (χ0) is 10.9. The highest BCUT2D eigenvalue weighted by Crippen LogP contribution is 2.29. The van der Waals surface area contributed by atoms with E-state index in [2.05, 4.69) is 19.2 Å². The number of likely N-dealkylation sites (tertiary alicyclic amines) is 1. The molecule has 2 fully saturated rings. The van der Waals surface area contributed by atoms with Crippen molar-refractivity contribution in [2.45, 2.75) is 33.1 Å². The van der Waals surface area contributed by atoms with E-state index in [0.29, 0.717) is 12.0 Å². The van der Waals surface area contributed by atoms with Gasteiger partial charge >= 0.3 is 0 Å². The Kier molecular flexibility index (Phi) is 4.62. The van der Waals surface area contributed by atoms with Crippen LogP contribution < -0.4 is 5.32 Å². The lowest BCUT2D eigenvalue weighted by Gasteiger charge is -2.20. The van der Waals surface area contributed by atoms with Crippen molar-refractivity contribution < 1.29 is 4.79 Å². The molecule has 2 aliphatic rings. The van der Waals surface area contributed by atoms with Crippen molar-refractivity contribution in [2.75, 3.05) is 26.2 Å². The van der Waals surface area contributed by atoms with Gasteiger partial charge in [-0.15, -0.1) is 12.4 Å². The SMILES string of the molecule is CC1(C)CCN(C(=O)CNCC2CC2)C1.Cl. The largest absolute Gasteiger partial charge is 0.341 e. The van der Waals surface area contributed by atoms with Crippen LogP contribution in [0.5, 0.6) is 0 Å². The number of carbonyl (C=O) groups excluding carboxylic acids is 1. The van der Waals surface area contributed by atoms with Gasteiger partial charge in [-0.1, -0.05) is 13.8 Å². The summed E-state index contributed by atoms with van der Waals surface area (Å²) in [5.41, 5.74) is 0.326. The first-order valence-electron chi connectivity index (χ1n) is 6.05. The minimum absolute atomic E-state index is 0. The van der Waals surface area contributed by atoms with Gasteiger partial charge in [-0.25, -0.2) is 0 Å². The summed E-state index contributed by atoms with van der Waals surface area (Å²) in [7, 11) is 0. The normalized spacial score (nSPS) is 23.0. The Morgan fingerprint density at radius 3 is 2.62 bits per heavy atom. The van der Waals surface area contributed by atoms with Crippen LogP contribution in [0, 0.1) is 11.3 Å². The minimum atomic E-state index is 0. The van der Waals surface area contributed by atoms with Gasteiger partial charge in [0.25, 0.3) is 0 Å². The predicted octanol–water partition coefficient (Wildman–Crippen LogP) is 1.67. The molecule has 1 saturated heterocycles. The third-order valence-electron chi connectivity index (χ3n) is 3.44. The van der Waals surface area contributed by atoms with Crippen molar-refractivity contribution in [1.29, 1.82) is 0 Å². The fraction of sp³-hybridized carbons (Fsp3) is 0.917. The molecule has 1 aliphatic carbocycles. The van der Waals surface area contributed by atoms with Crippen molar-refractivity contribution in [1.82, 2.24) is 10.2 Å². The Hall–Kier alpha value is -0.280. The Balaban J connectivity index is 0.00000128. The maximum absolute atomic E-state index is 11.8. The van der Waals surface area contributed by atoms with Crippen LogP contribution in [0.3, 0.4) is 0 Å². The van der Waals surface area contributed by atoms with Crippen LogP contribution in [0.15, 0.2) is 0 Å². The molecular formula is C12H23ClN2O. The van der Waals surface area contributed by atoms with Crippen LogP contribution in [0.25, 0.3) is 0 Å². The number of rotatable bonds is 4. The summed E-state index contributed by atoms with van der Waals surface area (Å²) in [6.07, 6.45) is 3.83. The van der Waals surface area contributed by atoms with E-state index < -0.39 is 0 Å². The van der Waals surface area contributed by atoms with E-state index >= 15 is 0 Å². The van der Waals surface area contributed by atoms with E-state index in [1.54, 1.807) is 0 Å². The summed E-state index contributed by atoms with van der Waals surface area (Å²) in [6.45, 7) is 7.90. The van der Waals surface area contributed by atoms with Crippen molar-refractivity contribution in [3.05, 3.63) is 0 Å². The van der Waals surface area contributed by atoms with Gasteiger partial charge in [0.15, 0.2) is 0 Å². The highest BCUT2D eigenvalue weighted by molar-refractivity contribution is 5.85. The first kappa shape index (κ1) is 13.8. The topological polar surface area (TPSA) is 32.3 Å². The van der Waals surface area contributed by atoms with Crippen LogP contribution in [0.1, 0.15) is 33.1 Å². The molecule has 0 radical (unpaired) electrons. The van der Waals surface area contributed by atoms with Crippen molar-refractivity contribution in [3.63, 3.8) is 0 Å². The Labute approximate surface area is 104 Å². The molecule has 1 saturated carbocycles. The average molecular weight is 247 g/mol. The summed E-state index contributed by atoms with van der Waals surface area (Å²) >= 11 is 0. The number of nitrogens with one attached hydrogen (secondary N) is 1. The van der Waals surface area contributed by atoms with Crippen LogP contribution in [0.2, 0.25) is 0 Å². The first-order chi connectivity index (χ1) is 7.07. The maximum atomic E-state index is 11.8. The molecule has 1 N–H and O–H groups in total. The average Bonchev–Trinajstić information content (AvgIpc) is 2.90. The molecule has 3 nitrogen and oxygen atoms in total. The molecule has 4 heteroatoms. The minimum Gasteiger partial charge on any atom is -0.341 e. The molecule has 1 amide bonds. The lowest BCUT2D eigenvalue weighted by Crippen LogP contribution is -2.38. The number of hydrogen-bond donors (Lipinski definition) is 1. The predicted molar refractivity (Wildman–Crippen MR) is 67.8 cm³/mol. The lowest BCUT2D eigenvalue weighted by molar-refractivity contribution is -0.129. The number of hydrogen-bond acceptors (Lipinski definition) is 2. The van der Waals surface area contributed by atoms with Crippen LogP contribution in [0.4, 0.5) is 0 Å². The second-order valence-electron chi connectivity index (χ2n) is 5.80. The molecule has 16 heavy (non-hydrogen) atoms. The highest BCUT2D eigenvalue weighted by Gasteiger charge is 2.31. The standard InChI is InChI=1S/C12H22N2O.ClH/c1-12(2)5-6-14(9-12)11(15)8-13-7-10-3-4-10;/h10,13H,3-9H2,1-2H3;1H. The van der Waals surface area contributed by atoms with Crippen molar-refractivity contribution in [3.8, 4) is 0 Å². The molecule has 2 rings (SSSR count). The van der Waals surface area contributed by atoms with E-state index in [4.69, 9.17) is 0 Å². The van der Waals surface area contributed by atoms with Crippen molar-refractivity contribution >= 4 is 18.3 Å². The summed E-state index contributed by atoms with van der Waals surface area (Å²) in [5.74, 6) is 1.13. The molecule has 0 bridgehead atoms. The maximum Gasteiger partial charge on any atom is 0.236 e. The van der Waals surface area contributed by atoms with Crippen LogP contribution >= 0.6 is 12.4 Å². The summed E-state index contributed by atoms with van der Waals surface area (Å²) in [6, 6.07) is 0. The van der Waals surface area contributed by atoms with E-state index in [-0.39, 0.29) is 18.3 Å². The number of carbonyl (C=O) groups is 1. The monoisotopic (exact) mass is 246 g/mol. The van der Waals surface area contributed by atoms with E-state index in [0.717, 1.165) is 32.0 Å². The third kappa shape index (κ3) is 3.95. The molecule has 1 heterocycles. The van der Waals surface area contributed by atoms with Crippen LogP contribution in [-0.4, -0.2) is 37.0 Å². The number of amides is 1. The fourth-order valence-corrected chi connectivity index (χ4v) is 2.14. The van der Waals surface area contributed by atoms with Gasteiger partial charge < -0.3 is 10.2 Å².